The molecule has 1 aromatic rings. The first-order valence-corrected chi connectivity index (χ1v) is 5.45. The summed E-state index contributed by atoms with van der Waals surface area (Å²) >= 11 is 0. The van der Waals surface area contributed by atoms with Crippen LogP contribution in [0.15, 0.2) is 0 Å². The van der Waals surface area contributed by atoms with Crippen LogP contribution in [0.3, 0.4) is 0 Å². The van der Waals surface area contributed by atoms with Crippen LogP contribution in [0.1, 0.15) is 42.0 Å². The predicted molar refractivity (Wildman–Crippen MR) is 62.8 cm³/mol. The van der Waals surface area contributed by atoms with Crippen LogP contribution in [0, 0.1) is 13.8 Å². The summed E-state index contributed by atoms with van der Waals surface area (Å²) in [6.07, 6.45) is 1.74. The Morgan fingerprint density at radius 3 is 2.50 bits per heavy atom. The summed E-state index contributed by atoms with van der Waals surface area (Å²) in [5.41, 5.74) is 2.27. The van der Waals surface area contributed by atoms with Crippen LogP contribution in [0.4, 0.5) is 0 Å². The highest BCUT2D eigenvalue weighted by molar-refractivity contribution is 5.77. The molecule has 0 bridgehead atoms. The summed E-state index contributed by atoms with van der Waals surface area (Å²) in [4.78, 5) is 10.8. The summed E-state index contributed by atoms with van der Waals surface area (Å²) < 4.78 is 7.23. The Labute approximate surface area is 96.6 Å². The Kier molecular flexibility index (Phi) is 3.86. The number of hydrogen-bond acceptors (Lipinski definition) is 3. The van der Waals surface area contributed by atoms with Gasteiger partial charge in [0.1, 0.15) is 0 Å². The van der Waals surface area contributed by atoms with Gasteiger partial charge in [0.05, 0.1) is 16.9 Å². The molecule has 0 aromatic carbocycles. The van der Waals surface area contributed by atoms with E-state index in [-0.39, 0.29) is 5.60 Å². The third-order valence-electron chi connectivity index (χ3n) is 3.03. The largest absolute Gasteiger partial charge is 0.379 e. The molecular weight excluding hydrogens is 204 g/mol. The number of aldehydes is 1. The van der Waals surface area contributed by atoms with E-state index in [4.69, 9.17) is 4.74 Å². The number of carbonyl (C=O) groups excluding carboxylic acids is 1. The summed E-state index contributed by atoms with van der Waals surface area (Å²) in [7, 11) is 1.71. The molecule has 0 N–H and O–H groups in total. The molecule has 0 atom stereocenters. The van der Waals surface area contributed by atoms with E-state index in [9.17, 15) is 4.79 Å². The van der Waals surface area contributed by atoms with E-state index in [0.29, 0.717) is 5.56 Å². The van der Waals surface area contributed by atoms with Crippen LogP contribution in [0.2, 0.25) is 0 Å². The molecule has 0 aliphatic rings. The van der Waals surface area contributed by atoms with Gasteiger partial charge in [0, 0.05) is 19.3 Å². The van der Waals surface area contributed by atoms with Gasteiger partial charge in [0.2, 0.25) is 0 Å². The number of aromatic nitrogens is 2. The van der Waals surface area contributed by atoms with Crippen LogP contribution in [0.5, 0.6) is 0 Å². The molecule has 4 heteroatoms. The van der Waals surface area contributed by atoms with E-state index < -0.39 is 0 Å². The lowest BCUT2D eigenvalue weighted by Gasteiger charge is -2.22. The quantitative estimate of drug-likeness (QED) is 0.720. The van der Waals surface area contributed by atoms with Crippen LogP contribution < -0.4 is 0 Å². The second-order valence-electron chi connectivity index (χ2n) is 4.64. The van der Waals surface area contributed by atoms with Crippen molar-refractivity contribution in [2.45, 2.75) is 46.3 Å². The molecule has 0 aliphatic carbocycles. The lowest BCUT2D eigenvalue weighted by Crippen LogP contribution is -2.25. The highest BCUT2D eigenvalue weighted by atomic mass is 16.5. The Morgan fingerprint density at radius 1 is 1.44 bits per heavy atom. The number of nitrogens with zero attached hydrogens (tertiary/aromatic N) is 2. The Balaban J connectivity index is 2.79. The number of methoxy groups -OCH3 is 1. The van der Waals surface area contributed by atoms with Crippen molar-refractivity contribution in [3.05, 3.63) is 17.0 Å². The Hall–Kier alpha value is -1.16. The highest BCUT2D eigenvalue weighted by Gasteiger charge is 2.18. The van der Waals surface area contributed by atoms with Gasteiger partial charge in [-0.2, -0.15) is 5.10 Å². The highest BCUT2D eigenvalue weighted by Crippen LogP contribution is 2.16. The van der Waals surface area contributed by atoms with Crippen LogP contribution in [0.25, 0.3) is 0 Å². The third-order valence-corrected chi connectivity index (χ3v) is 3.03. The Bertz CT molecular complexity index is 381. The number of carbonyl (C=O) groups is 1. The second-order valence-corrected chi connectivity index (χ2v) is 4.64. The fourth-order valence-corrected chi connectivity index (χ4v) is 1.58. The second kappa shape index (κ2) is 4.78. The average molecular weight is 224 g/mol. The number of aryl methyl sites for hydroxylation is 2. The van der Waals surface area contributed by atoms with Crippen LogP contribution >= 0.6 is 0 Å². The van der Waals surface area contributed by atoms with Crippen molar-refractivity contribution in [1.82, 2.24) is 9.78 Å². The van der Waals surface area contributed by atoms with Crippen molar-refractivity contribution in [1.29, 1.82) is 0 Å². The van der Waals surface area contributed by atoms with E-state index >= 15 is 0 Å². The zero-order chi connectivity index (χ0) is 12.3. The molecule has 0 saturated carbocycles. The predicted octanol–water partition coefficient (Wildman–Crippen LogP) is 2.13. The smallest absolute Gasteiger partial charge is 0.153 e. The van der Waals surface area contributed by atoms with Gasteiger partial charge < -0.3 is 4.74 Å². The van der Waals surface area contributed by atoms with Gasteiger partial charge in [-0.15, -0.1) is 0 Å². The molecule has 1 aromatic heterocycles. The lowest BCUT2D eigenvalue weighted by atomic mass is 10.1. The van der Waals surface area contributed by atoms with Crippen molar-refractivity contribution in [2.24, 2.45) is 0 Å². The molecule has 0 spiro atoms. The molecule has 0 aliphatic heterocycles. The molecule has 0 amide bonds. The van der Waals surface area contributed by atoms with Crippen molar-refractivity contribution in [2.75, 3.05) is 7.11 Å². The minimum atomic E-state index is -0.159. The molecule has 1 rings (SSSR count). The van der Waals surface area contributed by atoms with Gasteiger partial charge in [-0.05, 0) is 34.1 Å². The third kappa shape index (κ3) is 2.70. The molecular formula is C12H20N2O2. The van der Waals surface area contributed by atoms with Crippen molar-refractivity contribution < 1.29 is 9.53 Å². The van der Waals surface area contributed by atoms with E-state index in [2.05, 4.69) is 5.10 Å². The van der Waals surface area contributed by atoms with E-state index in [0.717, 1.165) is 30.6 Å². The SMILES string of the molecule is COC(C)(C)CCn1nc(C)c(C=O)c1C. The summed E-state index contributed by atoms with van der Waals surface area (Å²) in [5.74, 6) is 0. The first kappa shape index (κ1) is 12.9. The summed E-state index contributed by atoms with van der Waals surface area (Å²) in [6.45, 7) is 8.62. The van der Waals surface area contributed by atoms with Gasteiger partial charge in [-0.3, -0.25) is 9.48 Å². The van der Waals surface area contributed by atoms with Gasteiger partial charge in [-0.1, -0.05) is 0 Å². The van der Waals surface area contributed by atoms with Crippen molar-refractivity contribution in [3.8, 4) is 0 Å². The number of rotatable bonds is 5. The van der Waals surface area contributed by atoms with Gasteiger partial charge >= 0.3 is 0 Å². The Morgan fingerprint density at radius 2 is 2.06 bits per heavy atom. The first-order chi connectivity index (χ1) is 7.41. The van der Waals surface area contributed by atoms with Crippen molar-refractivity contribution in [3.63, 3.8) is 0 Å². The number of hydrogen-bond donors (Lipinski definition) is 0. The molecule has 0 fully saturated rings. The number of ether oxygens (including phenoxy) is 1. The molecule has 16 heavy (non-hydrogen) atoms. The van der Waals surface area contributed by atoms with Gasteiger partial charge in [0.25, 0.3) is 0 Å². The van der Waals surface area contributed by atoms with E-state index in [1.165, 1.54) is 0 Å². The maximum Gasteiger partial charge on any atom is 0.153 e. The topological polar surface area (TPSA) is 44.1 Å². The monoisotopic (exact) mass is 224 g/mol. The minimum Gasteiger partial charge on any atom is -0.379 e. The minimum absolute atomic E-state index is 0.159. The van der Waals surface area contributed by atoms with Crippen LogP contribution in [-0.2, 0) is 11.3 Å². The van der Waals surface area contributed by atoms with E-state index in [1.807, 2.05) is 32.4 Å². The molecule has 4 nitrogen and oxygen atoms in total. The summed E-state index contributed by atoms with van der Waals surface area (Å²) in [5, 5.41) is 4.35. The zero-order valence-corrected chi connectivity index (χ0v) is 10.7. The molecule has 90 valence electrons. The van der Waals surface area contributed by atoms with Gasteiger partial charge in [-0.25, -0.2) is 0 Å². The first-order valence-electron chi connectivity index (χ1n) is 5.45. The normalized spacial score (nSPS) is 11.8. The molecule has 0 unspecified atom stereocenters. The lowest BCUT2D eigenvalue weighted by molar-refractivity contribution is 0.0112. The summed E-state index contributed by atoms with van der Waals surface area (Å²) in [6, 6.07) is 0. The molecule has 0 radical (unpaired) electrons. The average Bonchev–Trinajstić information content (AvgIpc) is 2.51. The maximum absolute atomic E-state index is 10.8. The maximum atomic E-state index is 10.8. The fourth-order valence-electron chi connectivity index (χ4n) is 1.58. The fraction of sp³-hybridized carbons (Fsp3) is 0.667. The van der Waals surface area contributed by atoms with Crippen LogP contribution in [-0.4, -0.2) is 28.8 Å². The molecule has 1 heterocycles. The van der Waals surface area contributed by atoms with Crippen molar-refractivity contribution >= 4 is 6.29 Å². The standard InChI is InChI=1S/C12H20N2O2/c1-9-11(8-15)10(2)14(13-9)7-6-12(3,4)16-5/h8H,6-7H2,1-5H3. The molecule has 0 saturated heterocycles. The zero-order valence-electron chi connectivity index (χ0n) is 10.7. The van der Waals surface area contributed by atoms with Gasteiger partial charge in [0.15, 0.2) is 6.29 Å². The van der Waals surface area contributed by atoms with E-state index in [1.54, 1.807) is 7.11 Å².